The number of alkyl halides is 6. The van der Waals surface area contributed by atoms with E-state index < -0.39 is 51.8 Å². The van der Waals surface area contributed by atoms with Gasteiger partial charge in [0.2, 0.25) is 5.60 Å². The Hall–Kier alpha value is -3.89. The third-order valence-corrected chi connectivity index (χ3v) is 10.6. The van der Waals surface area contributed by atoms with E-state index in [2.05, 4.69) is 4.98 Å². The summed E-state index contributed by atoms with van der Waals surface area (Å²) in [5.41, 5.74) is -2.75. The number of methoxy groups -OCH3 is 1. The number of hydrogen-bond acceptors (Lipinski definition) is 8. The first-order chi connectivity index (χ1) is 25.3. The van der Waals surface area contributed by atoms with Gasteiger partial charge in [0.25, 0.3) is 11.8 Å². The molecule has 53 heavy (non-hydrogen) atoms. The third kappa shape index (κ3) is 9.44. The molecule has 290 valence electrons. The maximum Gasteiger partial charge on any atom is 0.425 e. The molecule has 3 aromatic rings. The highest BCUT2D eigenvalue weighted by Crippen LogP contribution is 2.44. The molecule has 9 nitrogen and oxygen atoms in total. The third-order valence-electron chi connectivity index (χ3n) is 9.62. The number of likely N-dealkylation sites (tertiary alicyclic amines) is 2. The lowest BCUT2D eigenvalue weighted by Gasteiger charge is -2.50. The molecule has 2 aliphatic rings. The number of carbonyl (C=O) groups excluding carboxylic acids is 2. The molecule has 2 aliphatic heterocycles. The molecule has 2 amide bonds. The first-order valence-corrected chi connectivity index (χ1v) is 18.4. The van der Waals surface area contributed by atoms with E-state index in [4.69, 9.17) is 18.9 Å². The first-order valence-electron chi connectivity index (χ1n) is 17.5. The summed E-state index contributed by atoms with van der Waals surface area (Å²) >= 11 is 0.410. The lowest BCUT2D eigenvalue weighted by atomic mass is 9.79. The summed E-state index contributed by atoms with van der Waals surface area (Å²) in [6, 6.07) is 8.06. The molecule has 2 aromatic heterocycles. The van der Waals surface area contributed by atoms with Crippen molar-refractivity contribution in [2.24, 2.45) is 0 Å². The van der Waals surface area contributed by atoms with Crippen molar-refractivity contribution in [1.29, 1.82) is 0 Å². The van der Waals surface area contributed by atoms with Gasteiger partial charge in [-0.1, -0.05) is 31.5 Å². The van der Waals surface area contributed by atoms with Gasteiger partial charge in [-0.05, 0) is 49.3 Å². The number of ether oxygens (including phenoxy) is 4. The molecule has 1 aromatic carbocycles. The van der Waals surface area contributed by atoms with Crippen LogP contribution in [-0.2, 0) is 26.6 Å². The number of aromatic nitrogens is 1. The van der Waals surface area contributed by atoms with E-state index in [1.165, 1.54) is 4.90 Å². The minimum absolute atomic E-state index is 0.0157. The van der Waals surface area contributed by atoms with E-state index in [0.29, 0.717) is 62.8 Å². The second-order valence-electron chi connectivity index (χ2n) is 13.0. The van der Waals surface area contributed by atoms with Crippen LogP contribution in [0.2, 0.25) is 0 Å². The van der Waals surface area contributed by atoms with Gasteiger partial charge in [-0.3, -0.25) is 14.6 Å². The monoisotopic (exact) mass is 771 g/mol. The van der Waals surface area contributed by atoms with Crippen LogP contribution in [0.25, 0.3) is 0 Å². The Kier molecular flexibility index (Phi) is 13.3. The SMILES string of the molecule is CCC[C@H]1N(C(=O)c2cnccc2C(F)(F)F)CCC[C@@]1(Oc1csc(C(F)(F)F)c1)C(=O)N1CCC(c2ccccc2OCCOCCOC)CC1. The summed E-state index contributed by atoms with van der Waals surface area (Å²) in [5.74, 6) is -0.981. The standard InChI is InChI=1S/C37H43F6N3O6S/c1-3-7-31-35(52-26-22-32(53-24-26)37(41,42)43,13-6-15-46(31)33(47)28-23-44-14-10-29(28)36(38,39)40)34(48)45-16-11-25(12-17-45)27-8-4-5-9-30(27)51-21-20-50-19-18-49-2/h4-5,8-10,14,22-25,31H,3,6-7,11-13,15-21H2,1-2H3/t31-,35+/m1/s1. The fourth-order valence-electron chi connectivity index (χ4n) is 7.17. The van der Waals surface area contributed by atoms with Gasteiger partial charge in [0.1, 0.15) is 23.0 Å². The number of hydrogen-bond donors (Lipinski definition) is 0. The molecule has 16 heteroatoms. The highest BCUT2D eigenvalue weighted by molar-refractivity contribution is 7.10. The lowest BCUT2D eigenvalue weighted by Crippen LogP contribution is -2.68. The zero-order valence-electron chi connectivity index (χ0n) is 29.5. The lowest BCUT2D eigenvalue weighted by molar-refractivity contribution is -0.160. The summed E-state index contributed by atoms with van der Waals surface area (Å²) < 4.78 is 106. The van der Waals surface area contributed by atoms with Crippen LogP contribution in [0, 0.1) is 0 Å². The Bertz CT molecular complexity index is 1680. The van der Waals surface area contributed by atoms with Crippen LogP contribution < -0.4 is 9.47 Å². The molecular weight excluding hydrogens is 728 g/mol. The van der Waals surface area contributed by atoms with Crippen molar-refractivity contribution in [3.8, 4) is 11.5 Å². The maximum atomic E-state index is 14.9. The normalized spacial score (nSPS) is 20.0. The molecule has 4 heterocycles. The van der Waals surface area contributed by atoms with E-state index in [1.54, 1.807) is 18.9 Å². The second-order valence-corrected chi connectivity index (χ2v) is 13.9. The number of halogens is 6. The van der Waals surface area contributed by atoms with Gasteiger partial charge in [0.15, 0.2) is 0 Å². The molecule has 0 N–H and O–H groups in total. The predicted octanol–water partition coefficient (Wildman–Crippen LogP) is 7.85. The van der Waals surface area contributed by atoms with Gasteiger partial charge in [-0.25, -0.2) is 0 Å². The molecule has 0 bridgehead atoms. The van der Waals surface area contributed by atoms with Crippen LogP contribution in [0.1, 0.15) is 77.7 Å². The van der Waals surface area contributed by atoms with Gasteiger partial charge in [-0.15, -0.1) is 11.3 Å². The molecule has 0 radical (unpaired) electrons. The van der Waals surface area contributed by atoms with Crippen molar-refractivity contribution in [1.82, 2.24) is 14.8 Å². The van der Waals surface area contributed by atoms with E-state index in [-0.39, 0.29) is 50.6 Å². The molecular formula is C37H43F6N3O6S. The molecule has 5 rings (SSSR count). The van der Waals surface area contributed by atoms with E-state index in [1.807, 2.05) is 24.3 Å². The molecule has 0 saturated carbocycles. The largest absolute Gasteiger partial charge is 0.491 e. The van der Waals surface area contributed by atoms with Crippen molar-refractivity contribution in [2.75, 3.05) is 53.2 Å². The van der Waals surface area contributed by atoms with Gasteiger partial charge in [0, 0.05) is 57.0 Å². The summed E-state index contributed by atoms with van der Waals surface area (Å²) in [7, 11) is 1.59. The number of carbonyl (C=O) groups is 2. The molecule has 0 spiro atoms. The van der Waals surface area contributed by atoms with E-state index >= 15 is 0 Å². The number of pyridine rings is 1. The Morgan fingerprint density at radius 3 is 2.40 bits per heavy atom. The number of benzene rings is 1. The minimum Gasteiger partial charge on any atom is -0.491 e. The Balaban J connectivity index is 1.43. The molecule has 2 fully saturated rings. The Morgan fingerprint density at radius 1 is 0.981 bits per heavy atom. The smallest absolute Gasteiger partial charge is 0.425 e. The van der Waals surface area contributed by atoms with Gasteiger partial charge < -0.3 is 28.7 Å². The quantitative estimate of drug-likeness (QED) is 0.122. The average Bonchev–Trinajstić information content (AvgIpc) is 3.62. The van der Waals surface area contributed by atoms with Crippen LogP contribution >= 0.6 is 11.3 Å². The minimum atomic E-state index is -4.86. The van der Waals surface area contributed by atoms with Crippen LogP contribution in [0.4, 0.5) is 26.3 Å². The highest BCUT2D eigenvalue weighted by Gasteiger charge is 2.56. The predicted molar refractivity (Wildman–Crippen MR) is 184 cm³/mol. The van der Waals surface area contributed by atoms with Crippen LogP contribution in [0.15, 0.2) is 54.2 Å². The second kappa shape index (κ2) is 17.5. The van der Waals surface area contributed by atoms with Crippen LogP contribution in [0.5, 0.6) is 11.5 Å². The fourth-order valence-corrected chi connectivity index (χ4v) is 7.84. The van der Waals surface area contributed by atoms with Crippen LogP contribution in [-0.4, -0.2) is 91.4 Å². The maximum absolute atomic E-state index is 14.9. The van der Waals surface area contributed by atoms with E-state index in [9.17, 15) is 35.9 Å². The Morgan fingerprint density at radius 2 is 1.72 bits per heavy atom. The Labute approximate surface area is 308 Å². The van der Waals surface area contributed by atoms with Crippen molar-refractivity contribution in [3.05, 3.63) is 75.7 Å². The molecule has 0 unspecified atom stereocenters. The number of nitrogens with zero attached hydrogens (tertiary/aromatic N) is 3. The highest BCUT2D eigenvalue weighted by atomic mass is 32.1. The van der Waals surface area contributed by atoms with Gasteiger partial charge in [0.05, 0.1) is 37.0 Å². The summed E-state index contributed by atoms with van der Waals surface area (Å²) in [6.07, 6.45) is -5.90. The number of para-hydroxylation sites is 1. The van der Waals surface area contributed by atoms with Crippen molar-refractivity contribution in [3.63, 3.8) is 0 Å². The topological polar surface area (TPSA) is 90.4 Å². The molecule has 0 aliphatic carbocycles. The van der Waals surface area contributed by atoms with Crippen molar-refractivity contribution >= 4 is 23.2 Å². The van der Waals surface area contributed by atoms with E-state index in [0.717, 1.165) is 35.5 Å². The molecule has 2 atom stereocenters. The molecule has 2 saturated heterocycles. The van der Waals surface area contributed by atoms with Gasteiger partial charge in [-0.2, -0.15) is 26.3 Å². The zero-order valence-corrected chi connectivity index (χ0v) is 30.3. The number of amides is 2. The number of rotatable bonds is 14. The summed E-state index contributed by atoms with van der Waals surface area (Å²) in [6.45, 7) is 3.97. The number of piperidine rings is 2. The fraction of sp³-hybridized carbons (Fsp3) is 0.541. The number of thiophene rings is 1. The summed E-state index contributed by atoms with van der Waals surface area (Å²) in [5, 5.41) is 1.16. The zero-order chi connectivity index (χ0) is 38.2. The van der Waals surface area contributed by atoms with Crippen molar-refractivity contribution < 1.29 is 54.9 Å². The van der Waals surface area contributed by atoms with Crippen LogP contribution in [0.3, 0.4) is 0 Å². The summed E-state index contributed by atoms with van der Waals surface area (Å²) in [4.78, 5) is 34.6. The van der Waals surface area contributed by atoms with Crippen molar-refractivity contribution in [2.45, 2.75) is 75.4 Å². The average molecular weight is 772 g/mol. The van der Waals surface area contributed by atoms with Gasteiger partial charge >= 0.3 is 12.4 Å². The first kappa shape index (κ1) is 40.3.